The van der Waals surface area contributed by atoms with Crippen LogP contribution in [0, 0.1) is 17.8 Å². The minimum Gasteiger partial charge on any atom is -0.507 e. The molecule has 3 aliphatic carbocycles. The zero-order valence-electron chi connectivity index (χ0n) is 19.8. The molecule has 1 amide bonds. The number of fused-ring (bicyclic) bond motifs is 3. The highest BCUT2D eigenvalue weighted by Gasteiger charge is 2.64. The van der Waals surface area contributed by atoms with Crippen LogP contribution in [0.1, 0.15) is 34.3 Å². The summed E-state index contributed by atoms with van der Waals surface area (Å²) >= 11 is 0. The van der Waals surface area contributed by atoms with Crippen LogP contribution in [0.25, 0.3) is 16.9 Å². The van der Waals surface area contributed by atoms with Gasteiger partial charge in [-0.3, -0.25) is 19.2 Å². The molecule has 10 heteroatoms. The summed E-state index contributed by atoms with van der Waals surface area (Å²) in [5.74, 6) is -7.28. The lowest BCUT2D eigenvalue weighted by Gasteiger charge is -2.48. The molecular formula is C27H25NO9. The summed E-state index contributed by atoms with van der Waals surface area (Å²) in [6.45, 7) is 0. The Morgan fingerprint density at radius 1 is 1.14 bits per heavy atom. The van der Waals surface area contributed by atoms with E-state index in [1.54, 1.807) is 24.3 Å². The third-order valence-electron chi connectivity index (χ3n) is 7.92. The first kappa shape index (κ1) is 24.7. The van der Waals surface area contributed by atoms with E-state index < -0.39 is 52.7 Å². The highest BCUT2D eigenvalue weighted by atomic mass is 16.5. The number of aliphatic hydroxyl groups is 3. The van der Waals surface area contributed by atoms with E-state index in [0.29, 0.717) is 34.3 Å². The Hall–Kier alpha value is -4.02. The van der Waals surface area contributed by atoms with Crippen molar-refractivity contribution in [2.24, 2.45) is 23.5 Å². The number of aromatic hydroxyl groups is 1. The number of amides is 1. The summed E-state index contributed by atoms with van der Waals surface area (Å²) in [6.07, 6.45) is -0.782. The summed E-state index contributed by atoms with van der Waals surface area (Å²) in [4.78, 5) is 49.9. The minimum atomic E-state index is -2.63. The van der Waals surface area contributed by atoms with Gasteiger partial charge in [-0.2, -0.15) is 0 Å². The quantitative estimate of drug-likeness (QED) is 0.298. The molecule has 2 aromatic carbocycles. The average Bonchev–Trinajstić information content (AvgIpc) is 2.85. The Bertz CT molecular complexity index is 1410. The van der Waals surface area contributed by atoms with E-state index in [2.05, 4.69) is 0 Å². The number of Topliss-reactive ketones (excluding diaryl/α,β-unsaturated/α-hetero) is 2. The van der Waals surface area contributed by atoms with Crippen LogP contribution >= 0.6 is 0 Å². The summed E-state index contributed by atoms with van der Waals surface area (Å²) in [5.41, 5.74) is 4.33. The summed E-state index contributed by atoms with van der Waals surface area (Å²) in [7, 11) is 1.47. The number of methoxy groups -OCH3 is 1. The number of carbonyl (C=O) groups excluding carboxylic acids is 4. The van der Waals surface area contributed by atoms with E-state index >= 15 is 0 Å². The molecule has 2 saturated carbocycles. The number of nitrogens with two attached hydrogens (primary N) is 1. The molecule has 0 heterocycles. The van der Waals surface area contributed by atoms with Crippen LogP contribution in [0.15, 0.2) is 35.9 Å². The number of carbonyl (C=O) groups is 4. The second-order valence-corrected chi connectivity index (χ2v) is 9.80. The lowest BCUT2D eigenvalue weighted by Crippen LogP contribution is -2.66. The van der Waals surface area contributed by atoms with Gasteiger partial charge >= 0.3 is 0 Å². The predicted octanol–water partition coefficient (Wildman–Crippen LogP) is 1.08. The molecule has 2 unspecified atom stereocenters. The zero-order valence-corrected chi connectivity index (χ0v) is 19.8. The van der Waals surface area contributed by atoms with Gasteiger partial charge in [0, 0.05) is 22.6 Å². The molecule has 10 nitrogen and oxygen atoms in total. The van der Waals surface area contributed by atoms with E-state index in [-0.39, 0.29) is 36.1 Å². The second-order valence-electron chi connectivity index (χ2n) is 9.80. The molecular weight excluding hydrogens is 482 g/mol. The zero-order chi connectivity index (χ0) is 26.8. The van der Waals surface area contributed by atoms with Gasteiger partial charge < -0.3 is 30.9 Å². The molecule has 5 atom stereocenters. The van der Waals surface area contributed by atoms with Gasteiger partial charge in [-0.15, -0.1) is 0 Å². The third kappa shape index (κ3) is 3.40. The highest BCUT2D eigenvalue weighted by Crippen LogP contribution is 2.53. The fourth-order valence-corrected chi connectivity index (χ4v) is 6.19. The van der Waals surface area contributed by atoms with Crippen LogP contribution in [0.5, 0.6) is 11.5 Å². The van der Waals surface area contributed by atoms with Gasteiger partial charge in [-0.25, -0.2) is 0 Å². The van der Waals surface area contributed by atoms with Crippen molar-refractivity contribution in [3.8, 4) is 22.6 Å². The molecule has 0 aromatic heterocycles. The molecule has 192 valence electrons. The van der Waals surface area contributed by atoms with Gasteiger partial charge in [0.1, 0.15) is 29.5 Å². The number of benzene rings is 2. The second kappa shape index (κ2) is 8.53. The first-order chi connectivity index (χ1) is 17.5. The highest BCUT2D eigenvalue weighted by molar-refractivity contribution is 6.24. The van der Waals surface area contributed by atoms with Crippen LogP contribution in [-0.2, 0) is 20.8 Å². The molecule has 0 radical (unpaired) electrons. The fourth-order valence-electron chi connectivity index (χ4n) is 6.19. The molecule has 37 heavy (non-hydrogen) atoms. The standard InChI is InChI=1S/C27H25NO9/c1-37-19-5-2-11(10-29)6-15(19)14-3-4-17(30)21-16(14)8-12-7-13-9-18(31)22(26(28)35)25(34)27(13,36)24(33)20(12)23(21)32/h2-6,10,12-13,18,22,30-32,36H,7-9H2,1H3,(H2,28,35)/t12-,13+,18?,22?,27+/m1/s1. The monoisotopic (exact) mass is 507 g/mol. The average molecular weight is 507 g/mol. The maximum Gasteiger partial charge on any atom is 0.230 e. The number of phenols is 1. The number of hydrogen-bond donors (Lipinski definition) is 5. The Balaban J connectivity index is 1.69. The van der Waals surface area contributed by atoms with Crippen molar-refractivity contribution in [2.45, 2.75) is 31.0 Å². The fraction of sp³-hybridized carbons (Fsp3) is 0.333. The molecule has 0 spiro atoms. The van der Waals surface area contributed by atoms with Crippen molar-refractivity contribution in [1.82, 2.24) is 0 Å². The van der Waals surface area contributed by atoms with E-state index in [1.165, 1.54) is 13.2 Å². The molecule has 3 aliphatic rings. The molecule has 5 rings (SSSR count). The number of rotatable bonds is 4. The maximum atomic E-state index is 13.6. The molecule has 6 N–H and O–H groups in total. The molecule has 2 aromatic rings. The Morgan fingerprint density at radius 3 is 2.51 bits per heavy atom. The molecule has 0 aliphatic heterocycles. The summed E-state index contributed by atoms with van der Waals surface area (Å²) < 4.78 is 5.46. The van der Waals surface area contributed by atoms with Crippen LogP contribution in [-0.4, -0.2) is 63.0 Å². The van der Waals surface area contributed by atoms with E-state index in [1.807, 2.05) is 0 Å². The van der Waals surface area contributed by atoms with Crippen molar-refractivity contribution in [3.63, 3.8) is 0 Å². The van der Waals surface area contributed by atoms with Crippen LogP contribution in [0.4, 0.5) is 0 Å². The Kier molecular flexibility index (Phi) is 5.69. The van der Waals surface area contributed by atoms with Crippen molar-refractivity contribution in [3.05, 3.63) is 52.6 Å². The summed E-state index contributed by atoms with van der Waals surface area (Å²) in [5, 5.41) is 43.7. The van der Waals surface area contributed by atoms with Gasteiger partial charge in [0.25, 0.3) is 0 Å². The van der Waals surface area contributed by atoms with Gasteiger partial charge in [-0.05, 0) is 60.6 Å². The van der Waals surface area contributed by atoms with Gasteiger partial charge in [-0.1, -0.05) is 6.07 Å². The van der Waals surface area contributed by atoms with Crippen molar-refractivity contribution in [2.75, 3.05) is 7.11 Å². The lowest BCUT2D eigenvalue weighted by molar-refractivity contribution is -0.174. The van der Waals surface area contributed by atoms with Crippen LogP contribution in [0.2, 0.25) is 0 Å². The van der Waals surface area contributed by atoms with Gasteiger partial charge in [0.05, 0.1) is 18.8 Å². The van der Waals surface area contributed by atoms with E-state index in [0.717, 1.165) is 0 Å². The number of phenolic OH excluding ortho intramolecular Hbond substituents is 1. The normalized spacial score (nSPS) is 28.7. The molecule has 0 saturated heterocycles. The first-order valence-electron chi connectivity index (χ1n) is 11.7. The number of hydrogen-bond acceptors (Lipinski definition) is 9. The third-order valence-corrected chi connectivity index (χ3v) is 7.92. The number of aliphatic hydroxyl groups excluding tert-OH is 2. The molecule has 2 fully saturated rings. The predicted molar refractivity (Wildman–Crippen MR) is 129 cm³/mol. The van der Waals surface area contributed by atoms with Crippen LogP contribution < -0.4 is 10.5 Å². The SMILES string of the molecule is COc1ccc(C=O)cc1-c1ccc(O)c2c1C[C@H]1C[C@H]3CC(O)C(C(N)=O)C(=O)[C@@]3(O)C(=O)C1=C2O. The number of ether oxygens (including phenoxy) is 1. The maximum absolute atomic E-state index is 13.6. The van der Waals surface area contributed by atoms with Crippen molar-refractivity contribution < 1.29 is 44.3 Å². The Morgan fingerprint density at radius 2 is 1.86 bits per heavy atom. The number of aldehydes is 1. The number of primary amides is 1. The smallest absolute Gasteiger partial charge is 0.230 e. The number of ketones is 2. The van der Waals surface area contributed by atoms with E-state index in [9.17, 15) is 39.6 Å². The minimum absolute atomic E-state index is 0.0348. The first-order valence-corrected chi connectivity index (χ1v) is 11.7. The van der Waals surface area contributed by atoms with Gasteiger partial charge in [0.15, 0.2) is 11.4 Å². The lowest BCUT2D eigenvalue weighted by atomic mass is 9.56. The Labute approximate surface area is 211 Å². The van der Waals surface area contributed by atoms with E-state index in [4.69, 9.17) is 10.5 Å². The largest absolute Gasteiger partial charge is 0.507 e. The van der Waals surface area contributed by atoms with Crippen LogP contribution in [0.3, 0.4) is 0 Å². The van der Waals surface area contributed by atoms with Crippen molar-refractivity contribution >= 4 is 29.5 Å². The topological polar surface area (TPSA) is 184 Å². The molecule has 0 bridgehead atoms. The summed E-state index contributed by atoms with van der Waals surface area (Å²) in [6, 6.07) is 7.76. The van der Waals surface area contributed by atoms with Crippen molar-refractivity contribution in [1.29, 1.82) is 0 Å². The van der Waals surface area contributed by atoms with Gasteiger partial charge in [0.2, 0.25) is 11.7 Å².